The Morgan fingerprint density at radius 3 is 2.63 bits per heavy atom. The number of rotatable bonds is 5. The van der Waals surface area contributed by atoms with Crippen LogP contribution in [0.2, 0.25) is 0 Å². The van der Waals surface area contributed by atoms with Crippen molar-refractivity contribution in [2.45, 2.75) is 32.9 Å². The third-order valence-corrected chi connectivity index (χ3v) is 2.24. The van der Waals surface area contributed by atoms with Gasteiger partial charge < -0.3 is 16.4 Å². The highest BCUT2D eigenvalue weighted by Crippen LogP contribution is 2.10. The molecule has 1 atom stereocenters. The summed E-state index contributed by atoms with van der Waals surface area (Å²) in [6, 6.07) is 7.20. The van der Waals surface area contributed by atoms with Crippen molar-refractivity contribution in [3.05, 3.63) is 29.8 Å². The molecular formula is C13H20ClN3O2. The van der Waals surface area contributed by atoms with Crippen molar-refractivity contribution in [2.24, 2.45) is 5.73 Å². The van der Waals surface area contributed by atoms with Crippen LogP contribution in [-0.2, 0) is 16.1 Å². The van der Waals surface area contributed by atoms with Gasteiger partial charge in [-0.3, -0.25) is 9.59 Å². The van der Waals surface area contributed by atoms with Gasteiger partial charge in [-0.15, -0.1) is 12.4 Å². The van der Waals surface area contributed by atoms with Gasteiger partial charge in [0, 0.05) is 31.6 Å². The average molecular weight is 286 g/mol. The van der Waals surface area contributed by atoms with E-state index in [9.17, 15) is 9.59 Å². The van der Waals surface area contributed by atoms with Crippen LogP contribution in [0, 0.1) is 0 Å². The van der Waals surface area contributed by atoms with E-state index in [0.29, 0.717) is 13.0 Å². The molecule has 0 radical (unpaired) electrons. The Bertz CT molecular complexity index is 436. The molecular weight excluding hydrogens is 266 g/mol. The van der Waals surface area contributed by atoms with Gasteiger partial charge in [-0.1, -0.05) is 12.1 Å². The molecule has 1 aromatic rings. The molecule has 4 N–H and O–H groups in total. The second kappa shape index (κ2) is 8.50. The summed E-state index contributed by atoms with van der Waals surface area (Å²) in [5.41, 5.74) is 7.19. The maximum absolute atomic E-state index is 11.4. The van der Waals surface area contributed by atoms with Crippen LogP contribution in [0.5, 0.6) is 0 Å². The molecule has 0 aliphatic carbocycles. The smallest absolute Gasteiger partial charge is 0.221 e. The lowest BCUT2D eigenvalue weighted by atomic mass is 10.2. The van der Waals surface area contributed by atoms with E-state index < -0.39 is 0 Å². The third-order valence-electron chi connectivity index (χ3n) is 2.24. The predicted octanol–water partition coefficient (Wildman–Crippen LogP) is 1.42. The average Bonchev–Trinajstić information content (AvgIpc) is 2.25. The zero-order chi connectivity index (χ0) is 13.5. The summed E-state index contributed by atoms with van der Waals surface area (Å²) >= 11 is 0. The van der Waals surface area contributed by atoms with Gasteiger partial charge in [-0.2, -0.15) is 0 Å². The monoisotopic (exact) mass is 285 g/mol. The molecule has 0 spiro atoms. The quantitative estimate of drug-likeness (QED) is 0.765. The van der Waals surface area contributed by atoms with Crippen LogP contribution < -0.4 is 16.4 Å². The summed E-state index contributed by atoms with van der Waals surface area (Å²) in [6.07, 6.45) is 0.311. The van der Waals surface area contributed by atoms with E-state index in [4.69, 9.17) is 5.73 Å². The van der Waals surface area contributed by atoms with Crippen LogP contribution >= 0.6 is 12.4 Å². The lowest BCUT2D eigenvalue weighted by molar-refractivity contribution is -0.121. The minimum atomic E-state index is -0.143. The highest BCUT2D eigenvalue weighted by molar-refractivity contribution is 5.88. The molecule has 0 aliphatic rings. The molecule has 1 aromatic carbocycles. The number of nitrogens with one attached hydrogen (secondary N) is 2. The second-order valence-corrected chi connectivity index (χ2v) is 4.34. The van der Waals surface area contributed by atoms with Gasteiger partial charge in [-0.05, 0) is 24.6 Å². The molecule has 0 aromatic heterocycles. The fraction of sp³-hybridized carbons (Fsp3) is 0.385. The van der Waals surface area contributed by atoms with Gasteiger partial charge in [0.2, 0.25) is 11.8 Å². The Hall–Kier alpha value is -1.59. The highest BCUT2D eigenvalue weighted by atomic mass is 35.5. The van der Waals surface area contributed by atoms with Gasteiger partial charge in [-0.25, -0.2) is 0 Å². The lowest BCUT2D eigenvalue weighted by Gasteiger charge is -2.09. The van der Waals surface area contributed by atoms with Crippen LogP contribution in [0.1, 0.15) is 25.8 Å². The summed E-state index contributed by atoms with van der Waals surface area (Å²) < 4.78 is 0. The molecule has 0 heterocycles. The van der Waals surface area contributed by atoms with E-state index in [1.54, 1.807) is 13.0 Å². The summed E-state index contributed by atoms with van der Waals surface area (Å²) in [6.45, 7) is 3.67. The molecule has 6 heteroatoms. The predicted molar refractivity (Wildman–Crippen MR) is 78.1 cm³/mol. The van der Waals surface area contributed by atoms with Crippen molar-refractivity contribution in [3.8, 4) is 0 Å². The van der Waals surface area contributed by atoms with E-state index in [1.807, 2.05) is 18.2 Å². The first kappa shape index (κ1) is 17.4. The van der Waals surface area contributed by atoms with E-state index >= 15 is 0 Å². The molecule has 0 saturated heterocycles. The number of carbonyl (C=O) groups excluding carboxylic acids is 2. The fourth-order valence-corrected chi connectivity index (χ4v) is 1.53. The Balaban J connectivity index is 0.00000324. The zero-order valence-electron chi connectivity index (χ0n) is 11.1. The molecule has 19 heavy (non-hydrogen) atoms. The molecule has 0 bridgehead atoms. The molecule has 0 saturated carbocycles. The fourth-order valence-electron chi connectivity index (χ4n) is 1.53. The van der Waals surface area contributed by atoms with Gasteiger partial charge in [0.15, 0.2) is 0 Å². The van der Waals surface area contributed by atoms with E-state index in [2.05, 4.69) is 10.6 Å². The molecule has 106 valence electrons. The summed E-state index contributed by atoms with van der Waals surface area (Å²) in [5.74, 6) is -0.192. The molecule has 2 amide bonds. The standard InChI is InChI=1S/C13H19N3O2.ClH/c1-9(14)6-13(18)15-8-11-4-3-5-12(7-11)16-10(2)17;/h3-5,7,9H,6,8,14H2,1-2H3,(H,15,18)(H,16,17);1H. The van der Waals surface area contributed by atoms with Crippen molar-refractivity contribution in [3.63, 3.8) is 0 Å². The van der Waals surface area contributed by atoms with Crippen LogP contribution in [0.4, 0.5) is 5.69 Å². The summed E-state index contributed by atoms with van der Waals surface area (Å²) in [5, 5.41) is 5.47. The summed E-state index contributed by atoms with van der Waals surface area (Å²) in [4.78, 5) is 22.3. The van der Waals surface area contributed by atoms with Crippen molar-refractivity contribution in [1.82, 2.24) is 5.32 Å². The SMILES string of the molecule is CC(=O)Nc1cccc(CNC(=O)CC(C)N)c1.Cl. The Labute approximate surface area is 119 Å². The molecule has 1 rings (SSSR count). The topological polar surface area (TPSA) is 84.2 Å². The van der Waals surface area contributed by atoms with Crippen LogP contribution in [0.15, 0.2) is 24.3 Å². The maximum Gasteiger partial charge on any atom is 0.221 e. The van der Waals surface area contributed by atoms with Crippen molar-refractivity contribution in [1.29, 1.82) is 0 Å². The van der Waals surface area contributed by atoms with E-state index in [-0.39, 0.29) is 30.3 Å². The number of nitrogens with two attached hydrogens (primary N) is 1. The first-order chi connectivity index (χ1) is 8.47. The van der Waals surface area contributed by atoms with Gasteiger partial charge in [0.25, 0.3) is 0 Å². The first-order valence-corrected chi connectivity index (χ1v) is 5.86. The summed E-state index contributed by atoms with van der Waals surface area (Å²) in [7, 11) is 0. The van der Waals surface area contributed by atoms with E-state index in [0.717, 1.165) is 11.3 Å². The van der Waals surface area contributed by atoms with Crippen molar-refractivity contribution in [2.75, 3.05) is 5.32 Å². The minimum absolute atomic E-state index is 0. The first-order valence-electron chi connectivity index (χ1n) is 5.86. The molecule has 1 unspecified atom stereocenters. The number of benzene rings is 1. The van der Waals surface area contributed by atoms with Crippen LogP contribution in [0.3, 0.4) is 0 Å². The number of hydrogen-bond acceptors (Lipinski definition) is 3. The third kappa shape index (κ3) is 7.43. The molecule has 5 nitrogen and oxygen atoms in total. The van der Waals surface area contributed by atoms with Gasteiger partial charge in [0.1, 0.15) is 0 Å². The normalized spacial score (nSPS) is 11.1. The Morgan fingerprint density at radius 2 is 2.05 bits per heavy atom. The number of carbonyl (C=O) groups is 2. The molecule has 0 aliphatic heterocycles. The van der Waals surface area contributed by atoms with E-state index in [1.165, 1.54) is 6.92 Å². The van der Waals surface area contributed by atoms with Crippen LogP contribution in [0.25, 0.3) is 0 Å². The van der Waals surface area contributed by atoms with Crippen molar-refractivity contribution >= 4 is 29.9 Å². The minimum Gasteiger partial charge on any atom is -0.352 e. The number of amides is 2. The highest BCUT2D eigenvalue weighted by Gasteiger charge is 2.04. The largest absolute Gasteiger partial charge is 0.352 e. The zero-order valence-corrected chi connectivity index (χ0v) is 11.9. The number of anilines is 1. The Morgan fingerprint density at radius 1 is 1.37 bits per heavy atom. The van der Waals surface area contributed by atoms with Crippen molar-refractivity contribution < 1.29 is 9.59 Å². The second-order valence-electron chi connectivity index (χ2n) is 4.34. The lowest BCUT2D eigenvalue weighted by Crippen LogP contribution is -2.29. The van der Waals surface area contributed by atoms with Gasteiger partial charge in [0.05, 0.1) is 0 Å². The molecule has 0 fully saturated rings. The Kier molecular flexibility index (Phi) is 7.79. The van der Waals surface area contributed by atoms with Crippen LogP contribution in [-0.4, -0.2) is 17.9 Å². The van der Waals surface area contributed by atoms with Gasteiger partial charge >= 0.3 is 0 Å². The number of halogens is 1. The maximum atomic E-state index is 11.4. The number of hydrogen-bond donors (Lipinski definition) is 3.